The molecule has 3 saturated heterocycles. The van der Waals surface area contributed by atoms with E-state index in [0.29, 0.717) is 12.2 Å². The summed E-state index contributed by atoms with van der Waals surface area (Å²) in [5.41, 5.74) is 0. The first-order valence-corrected chi connectivity index (χ1v) is 9.93. The van der Waals surface area contributed by atoms with Crippen LogP contribution in [-0.4, -0.2) is 61.6 Å². The fourth-order valence-corrected chi connectivity index (χ4v) is 4.06. The lowest BCUT2D eigenvalue weighted by Crippen LogP contribution is -2.39. The average molecular weight is 346 g/mol. The Bertz CT molecular complexity index is 536. The Kier molecular flexibility index (Phi) is 5.67. The molecule has 0 saturated carbocycles. The van der Waals surface area contributed by atoms with Gasteiger partial charge in [0.25, 0.3) is 0 Å². The van der Waals surface area contributed by atoms with Crippen LogP contribution in [0.15, 0.2) is 12.4 Å². The maximum atomic E-state index is 6.12. The SMILES string of the molecule is c1nc(N2CCCC2)cc(N2CCC(OC[C@H]3CCCCO3)CC2)n1. The first-order chi connectivity index (χ1) is 12.4. The molecule has 0 amide bonds. The van der Waals surface area contributed by atoms with Crippen LogP contribution in [0.5, 0.6) is 0 Å². The van der Waals surface area contributed by atoms with Crippen molar-refractivity contribution >= 4 is 11.6 Å². The summed E-state index contributed by atoms with van der Waals surface area (Å²) in [7, 11) is 0. The van der Waals surface area contributed by atoms with Crippen molar-refractivity contribution in [1.82, 2.24) is 9.97 Å². The third kappa shape index (κ3) is 4.42. The minimum atomic E-state index is 0.316. The molecule has 1 aromatic heterocycles. The van der Waals surface area contributed by atoms with Gasteiger partial charge in [0.05, 0.1) is 18.8 Å². The Morgan fingerprint density at radius 1 is 0.920 bits per heavy atom. The number of hydrogen-bond acceptors (Lipinski definition) is 6. The highest BCUT2D eigenvalue weighted by molar-refractivity contribution is 5.50. The topological polar surface area (TPSA) is 50.7 Å². The molecule has 0 N–H and O–H groups in total. The molecular formula is C19H30N4O2. The average Bonchev–Trinajstić information content (AvgIpc) is 3.23. The van der Waals surface area contributed by atoms with Crippen LogP contribution >= 0.6 is 0 Å². The van der Waals surface area contributed by atoms with E-state index >= 15 is 0 Å². The fourth-order valence-electron chi connectivity index (χ4n) is 4.06. The Balaban J connectivity index is 1.26. The molecule has 3 aliphatic rings. The van der Waals surface area contributed by atoms with Crippen LogP contribution in [0, 0.1) is 0 Å². The van der Waals surface area contributed by atoms with E-state index in [1.807, 2.05) is 0 Å². The smallest absolute Gasteiger partial charge is 0.134 e. The Hall–Kier alpha value is -1.40. The van der Waals surface area contributed by atoms with Crippen molar-refractivity contribution in [2.24, 2.45) is 0 Å². The van der Waals surface area contributed by atoms with E-state index < -0.39 is 0 Å². The van der Waals surface area contributed by atoms with Crippen LogP contribution < -0.4 is 9.80 Å². The number of anilines is 2. The van der Waals surface area contributed by atoms with Gasteiger partial charge in [-0.1, -0.05) is 0 Å². The molecular weight excluding hydrogens is 316 g/mol. The summed E-state index contributed by atoms with van der Waals surface area (Å²) >= 11 is 0. The number of ether oxygens (including phenoxy) is 2. The van der Waals surface area contributed by atoms with Gasteiger partial charge < -0.3 is 19.3 Å². The largest absolute Gasteiger partial charge is 0.376 e. The van der Waals surface area contributed by atoms with Crippen molar-refractivity contribution in [2.45, 2.75) is 57.2 Å². The van der Waals surface area contributed by atoms with E-state index in [-0.39, 0.29) is 0 Å². The van der Waals surface area contributed by atoms with E-state index in [4.69, 9.17) is 9.47 Å². The summed E-state index contributed by atoms with van der Waals surface area (Å²) in [5, 5.41) is 0. The molecule has 25 heavy (non-hydrogen) atoms. The number of rotatable bonds is 5. The molecule has 0 aliphatic carbocycles. The summed E-state index contributed by atoms with van der Waals surface area (Å²) in [6.45, 7) is 5.92. The molecule has 3 aliphatic heterocycles. The molecule has 1 aromatic rings. The third-order valence-electron chi connectivity index (χ3n) is 5.63. The molecule has 4 rings (SSSR count). The summed E-state index contributed by atoms with van der Waals surface area (Å²) in [4.78, 5) is 13.7. The van der Waals surface area contributed by atoms with E-state index in [2.05, 4.69) is 25.8 Å². The second kappa shape index (κ2) is 8.32. The lowest BCUT2D eigenvalue weighted by atomic mass is 10.1. The minimum absolute atomic E-state index is 0.316. The zero-order valence-corrected chi connectivity index (χ0v) is 15.1. The zero-order valence-electron chi connectivity index (χ0n) is 15.1. The van der Waals surface area contributed by atoms with Crippen molar-refractivity contribution in [1.29, 1.82) is 0 Å². The summed E-state index contributed by atoms with van der Waals surface area (Å²) in [6.07, 6.45) is 10.7. The Labute approximate surface area is 150 Å². The van der Waals surface area contributed by atoms with E-state index in [1.165, 1.54) is 25.7 Å². The maximum Gasteiger partial charge on any atom is 0.134 e. The van der Waals surface area contributed by atoms with Crippen LogP contribution in [0.1, 0.15) is 44.9 Å². The van der Waals surface area contributed by atoms with Gasteiger partial charge in [-0.05, 0) is 44.9 Å². The van der Waals surface area contributed by atoms with Gasteiger partial charge >= 0.3 is 0 Å². The van der Waals surface area contributed by atoms with Crippen molar-refractivity contribution < 1.29 is 9.47 Å². The summed E-state index contributed by atoms with van der Waals surface area (Å²) in [6, 6.07) is 2.16. The predicted octanol–water partition coefficient (Wildman–Crippen LogP) is 2.63. The molecule has 3 fully saturated rings. The van der Waals surface area contributed by atoms with Gasteiger partial charge in [0.2, 0.25) is 0 Å². The quantitative estimate of drug-likeness (QED) is 0.817. The van der Waals surface area contributed by atoms with Crippen LogP contribution in [0.3, 0.4) is 0 Å². The van der Waals surface area contributed by atoms with Crippen molar-refractivity contribution in [3.8, 4) is 0 Å². The van der Waals surface area contributed by atoms with Gasteiger partial charge in [0.15, 0.2) is 0 Å². The fraction of sp³-hybridized carbons (Fsp3) is 0.789. The predicted molar refractivity (Wildman–Crippen MR) is 98.3 cm³/mol. The van der Waals surface area contributed by atoms with Gasteiger partial charge in [-0.3, -0.25) is 0 Å². The number of nitrogens with zero attached hydrogens (tertiary/aromatic N) is 4. The van der Waals surface area contributed by atoms with E-state index in [0.717, 1.165) is 70.3 Å². The number of hydrogen-bond donors (Lipinski definition) is 0. The third-order valence-corrected chi connectivity index (χ3v) is 5.63. The van der Waals surface area contributed by atoms with Gasteiger partial charge in [0.1, 0.15) is 18.0 Å². The van der Waals surface area contributed by atoms with Crippen LogP contribution in [-0.2, 0) is 9.47 Å². The molecule has 6 heteroatoms. The molecule has 0 spiro atoms. The molecule has 0 aromatic carbocycles. The maximum absolute atomic E-state index is 6.12. The van der Waals surface area contributed by atoms with Crippen LogP contribution in [0.2, 0.25) is 0 Å². The van der Waals surface area contributed by atoms with Crippen molar-refractivity contribution in [3.63, 3.8) is 0 Å². The van der Waals surface area contributed by atoms with E-state index in [1.54, 1.807) is 6.33 Å². The summed E-state index contributed by atoms with van der Waals surface area (Å²) < 4.78 is 11.9. The van der Waals surface area contributed by atoms with E-state index in [9.17, 15) is 0 Å². The molecule has 4 heterocycles. The lowest BCUT2D eigenvalue weighted by molar-refractivity contribution is -0.0672. The molecule has 1 atom stereocenters. The number of piperidine rings is 1. The normalized spacial score (nSPS) is 25.5. The zero-order chi connectivity index (χ0) is 16.9. The van der Waals surface area contributed by atoms with Gasteiger partial charge in [0, 0.05) is 38.9 Å². The molecule has 0 bridgehead atoms. The van der Waals surface area contributed by atoms with Crippen LogP contribution in [0.4, 0.5) is 11.6 Å². The molecule has 6 nitrogen and oxygen atoms in total. The Morgan fingerprint density at radius 3 is 2.32 bits per heavy atom. The first-order valence-electron chi connectivity index (χ1n) is 9.93. The second-order valence-electron chi connectivity index (χ2n) is 7.44. The highest BCUT2D eigenvalue weighted by Gasteiger charge is 2.23. The second-order valence-corrected chi connectivity index (χ2v) is 7.44. The standard InChI is InChI=1S/C19H30N4O2/c1-4-12-24-17(5-1)14-25-16-6-10-23(11-7-16)19-13-18(20-15-21-19)22-8-2-3-9-22/h13,15-17H,1-12,14H2/t17-/m1/s1. The first kappa shape index (κ1) is 17.0. The highest BCUT2D eigenvalue weighted by atomic mass is 16.5. The van der Waals surface area contributed by atoms with Gasteiger partial charge in [-0.25, -0.2) is 9.97 Å². The van der Waals surface area contributed by atoms with Crippen molar-refractivity contribution in [3.05, 3.63) is 12.4 Å². The minimum Gasteiger partial charge on any atom is -0.376 e. The molecule has 138 valence electrons. The number of aromatic nitrogens is 2. The van der Waals surface area contributed by atoms with Crippen molar-refractivity contribution in [2.75, 3.05) is 49.2 Å². The molecule has 0 radical (unpaired) electrons. The highest BCUT2D eigenvalue weighted by Crippen LogP contribution is 2.24. The molecule has 0 unspecified atom stereocenters. The van der Waals surface area contributed by atoms with Gasteiger partial charge in [-0.2, -0.15) is 0 Å². The van der Waals surface area contributed by atoms with Gasteiger partial charge in [-0.15, -0.1) is 0 Å². The monoisotopic (exact) mass is 346 g/mol. The summed E-state index contributed by atoms with van der Waals surface area (Å²) in [5.74, 6) is 2.14. The van der Waals surface area contributed by atoms with Crippen LogP contribution in [0.25, 0.3) is 0 Å². The Morgan fingerprint density at radius 2 is 1.64 bits per heavy atom. The lowest BCUT2D eigenvalue weighted by Gasteiger charge is -2.34.